The van der Waals surface area contributed by atoms with Crippen molar-refractivity contribution >= 4 is 77.9 Å². The fourth-order valence-electron chi connectivity index (χ4n) is 3.65. The van der Waals surface area contributed by atoms with Crippen molar-refractivity contribution in [1.29, 1.82) is 5.26 Å². The summed E-state index contributed by atoms with van der Waals surface area (Å²) in [7, 11) is 0. The van der Waals surface area contributed by atoms with Gasteiger partial charge in [-0.25, -0.2) is 0 Å². The van der Waals surface area contributed by atoms with Crippen molar-refractivity contribution in [3.63, 3.8) is 0 Å². The van der Waals surface area contributed by atoms with Gasteiger partial charge in [0.1, 0.15) is 24.0 Å². The summed E-state index contributed by atoms with van der Waals surface area (Å²) in [5.74, 6) is 0.141. The highest BCUT2D eigenvalue weighted by Crippen LogP contribution is 2.36. The van der Waals surface area contributed by atoms with Crippen molar-refractivity contribution in [1.82, 2.24) is 10.3 Å². The van der Waals surface area contributed by atoms with Gasteiger partial charge in [-0.2, -0.15) is 5.26 Å². The molecule has 0 saturated carbocycles. The van der Waals surface area contributed by atoms with Crippen molar-refractivity contribution in [2.75, 3.05) is 6.54 Å². The van der Waals surface area contributed by atoms with Crippen LogP contribution in [0.15, 0.2) is 75.3 Å². The van der Waals surface area contributed by atoms with Crippen LogP contribution in [-0.4, -0.2) is 17.4 Å². The Morgan fingerprint density at radius 3 is 2.56 bits per heavy atom. The number of aromatic nitrogens is 1. The highest BCUT2D eigenvalue weighted by molar-refractivity contribution is 9.11. The molecule has 0 bridgehead atoms. The minimum atomic E-state index is -0.428. The Balaban J connectivity index is 1.41. The summed E-state index contributed by atoms with van der Waals surface area (Å²) in [5, 5.41) is 14.6. The van der Waals surface area contributed by atoms with Gasteiger partial charge in [-0.05, 0) is 85.8 Å². The summed E-state index contributed by atoms with van der Waals surface area (Å²) in [6.45, 7) is 0.651. The molecule has 1 heterocycles. The first-order chi connectivity index (χ1) is 17.4. The minimum absolute atomic E-state index is 0.00865. The van der Waals surface area contributed by atoms with Crippen molar-refractivity contribution < 1.29 is 9.53 Å². The summed E-state index contributed by atoms with van der Waals surface area (Å²) in [6.07, 6.45) is 4.13. The van der Waals surface area contributed by atoms with Crippen LogP contribution >= 0.6 is 55.1 Å². The molecule has 0 saturated heterocycles. The highest BCUT2D eigenvalue weighted by Gasteiger charge is 2.13. The molecule has 4 rings (SSSR count). The van der Waals surface area contributed by atoms with Crippen LogP contribution in [0.4, 0.5) is 0 Å². The van der Waals surface area contributed by atoms with E-state index in [4.69, 9.17) is 27.9 Å². The quantitative estimate of drug-likeness (QED) is 0.151. The number of rotatable bonds is 8. The molecule has 2 N–H and O–H groups in total. The Kier molecular flexibility index (Phi) is 8.76. The fraction of sp³-hybridized carbons (Fsp3) is 0.111. The topological polar surface area (TPSA) is 77.9 Å². The number of hydrogen-bond donors (Lipinski definition) is 2. The number of nitrogens with one attached hydrogen (secondary N) is 2. The number of hydrogen-bond acceptors (Lipinski definition) is 3. The maximum Gasteiger partial charge on any atom is 0.261 e. The molecule has 4 aromatic rings. The number of aromatic amines is 1. The smallest absolute Gasteiger partial charge is 0.261 e. The monoisotopic (exact) mass is 645 g/mol. The van der Waals surface area contributed by atoms with Crippen molar-refractivity contribution in [2.24, 2.45) is 0 Å². The molecule has 1 amide bonds. The predicted molar refractivity (Wildman–Crippen MR) is 151 cm³/mol. The number of nitrogens with zero attached hydrogens (tertiary/aromatic N) is 1. The van der Waals surface area contributed by atoms with E-state index in [0.29, 0.717) is 43.3 Å². The molecule has 0 radical (unpaired) electrons. The summed E-state index contributed by atoms with van der Waals surface area (Å²) in [5.41, 5.74) is 3.62. The van der Waals surface area contributed by atoms with Crippen LogP contribution in [0.2, 0.25) is 10.0 Å². The summed E-state index contributed by atoms with van der Waals surface area (Å²) in [6, 6.07) is 18.8. The molecule has 182 valence electrons. The molecule has 36 heavy (non-hydrogen) atoms. The van der Waals surface area contributed by atoms with Crippen LogP contribution in [0.25, 0.3) is 17.0 Å². The minimum Gasteiger partial charge on any atom is -0.486 e. The van der Waals surface area contributed by atoms with E-state index < -0.39 is 5.91 Å². The summed E-state index contributed by atoms with van der Waals surface area (Å²) in [4.78, 5) is 15.9. The van der Waals surface area contributed by atoms with Crippen molar-refractivity contribution in [3.8, 4) is 11.8 Å². The van der Waals surface area contributed by atoms with Crippen molar-refractivity contribution in [2.45, 2.75) is 13.0 Å². The van der Waals surface area contributed by atoms with Crippen molar-refractivity contribution in [3.05, 3.63) is 102 Å². The average molecular weight is 648 g/mol. The number of fused-ring (bicyclic) bond motifs is 1. The number of para-hydroxylation sites is 1. The molecule has 0 spiro atoms. The van der Waals surface area contributed by atoms with Gasteiger partial charge in [-0.15, -0.1) is 0 Å². The zero-order chi connectivity index (χ0) is 25.7. The first-order valence-corrected chi connectivity index (χ1v) is 13.2. The van der Waals surface area contributed by atoms with E-state index in [2.05, 4.69) is 42.2 Å². The Labute approximate surface area is 235 Å². The molecule has 0 aliphatic heterocycles. The molecule has 0 aliphatic carbocycles. The van der Waals surface area contributed by atoms with Gasteiger partial charge in [-0.3, -0.25) is 4.79 Å². The number of benzene rings is 3. The lowest BCUT2D eigenvalue weighted by Gasteiger charge is -2.12. The summed E-state index contributed by atoms with van der Waals surface area (Å²) < 4.78 is 7.25. The van der Waals surface area contributed by atoms with Crippen LogP contribution in [0.3, 0.4) is 0 Å². The van der Waals surface area contributed by atoms with Crippen LogP contribution < -0.4 is 10.1 Å². The SMILES string of the molecule is N#C/C(=C/c1cc(Br)c(OCc2ccc(Cl)cc2Cl)c(Br)c1)C(=O)NCCc1c[nH]c2ccccc12. The predicted octanol–water partition coefficient (Wildman–Crippen LogP) is 7.84. The normalized spacial score (nSPS) is 11.4. The van der Waals surface area contributed by atoms with E-state index in [0.717, 1.165) is 22.0 Å². The Morgan fingerprint density at radius 2 is 1.83 bits per heavy atom. The Hall–Kier alpha value is -2.76. The molecule has 9 heteroatoms. The zero-order valence-corrected chi connectivity index (χ0v) is 23.4. The molecule has 1 aromatic heterocycles. The van der Waals surface area contributed by atoms with Gasteiger partial charge in [0, 0.05) is 39.3 Å². The van der Waals surface area contributed by atoms with Gasteiger partial charge in [0.25, 0.3) is 5.91 Å². The third kappa shape index (κ3) is 6.32. The van der Waals surface area contributed by atoms with Crippen LogP contribution in [-0.2, 0) is 17.8 Å². The third-order valence-electron chi connectivity index (χ3n) is 5.44. The molecule has 0 fully saturated rings. The third-order valence-corrected chi connectivity index (χ3v) is 7.20. The van der Waals surface area contributed by atoms with E-state index in [1.165, 1.54) is 6.08 Å². The second-order valence-electron chi connectivity index (χ2n) is 7.87. The number of ether oxygens (including phenoxy) is 1. The number of H-pyrrole nitrogens is 1. The first kappa shape index (κ1) is 26.3. The van der Waals surface area contributed by atoms with Crippen LogP contribution in [0.1, 0.15) is 16.7 Å². The molecule has 0 atom stereocenters. The second-order valence-corrected chi connectivity index (χ2v) is 10.4. The number of halogens is 4. The maximum atomic E-state index is 12.6. The van der Waals surface area contributed by atoms with E-state index in [9.17, 15) is 10.1 Å². The lowest BCUT2D eigenvalue weighted by molar-refractivity contribution is -0.117. The Bertz CT molecular complexity index is 1490. The lowest BCUT2D eigenvalue weighted by atomic mass is 10.1. The van der Waals surface area contributed by atoms with Crippen LogP contribution in [0, 0.1) is 11.3 Å². The Morgan fingerprint density at radius 1 is 1.08 bits per heavy atom. The molecule has 3 aromatic carbocycles. The number of carbonyl (C=O) groups is 1. The number of nitriles is 1. The average Bonchev–Trinajstić information content (AvgIpc) is 3.26. The molecule has 0 unspecified atom stereocenters. The number of carbonyl (C=O) groups excluding carboxylic acids is 1. The van der Waals surface area contributed by atoms with E-state index in [1.54, 1.807) is 30.3 Å². The summed E-state index contributed by atoms with van der Waals surface area (Å²) >= 11 is 19.2. The van der Waals surface area contributed by atoms with Gasteiger partial charge in [0.15, 0.2) is 0 Å². The van der Waals surface area contributed by atoms with Gasteiger partial charge in [0.05, 0.1) is 8.95 Å². The largest absolute Gasteiger partial charge is 0.486 e. The van der Waals surface area contributed by atoms with Gasteiger partial charge in [0.2, 0.25) is 0 Å². The van der Waals surface area contributed by atoms with Crippen LogP contribution in [0.5, 0.6) is 5.75 Å². The van der Waals surface area contributed by atoms with E-state index >= 15 is 0 Å². The molecular weight excluding hydrogens is 629 g/mol. The molecular formula is C27H19Br2Cl2N3O2. The van der Waals surface area contributed by atoms with E-state index in [1.807, 2.05) is 36.5 Å². The first-order valence-electron chi connectivity index (χ1n) is 10.9. The molecule has 0 aliphatic rings. The van der Waals surface area contributed by atoms with Gasteiger partial charge in [-0.1, -0.05) is 47.5 Å². The standard InChI is InChI=1S/C27H19Br2Cl2N3O2/c28-22-10-16(11-23(29)26(22)36-15-18-5-6-20(30)12-24(18)31)9-19(13-32)27(35)33-8-7-17-14-34-25-4-2-1-3-21(17)25/h1-6,9-12,14,34H,7-8,15H2,(H,33,35)/b19-9-. The highest BCUT2D eigenvalue weighted by atomic mass is 79.9. The fourth-order valence-corrected chi connectivity index (χ4v) is 5.56. The zero-order valence-electron chi connectivity index (χ0n) is 18.7. The van der Waals surface area contributed by atoms with Gasteiger partial charge < -0.3 is 15.0 Å². The van der Waals surface area contributed by atoms with Gasteiger partial charge >= 0.3 is 0 Å². The second kappa shape index (κ2) is 12.0. The lowest BCUT2D eigenvalue weighted by Crippen LogP contribution is -2.26. The van der Waals surface area contributed by atoms with E-state index in [-0.39, 0.29) is 12.2 Å². The number of amides is 1. The molecule has 5 nitrogen and oxygen atoms in total. The maximum absolute atomic E-state index is 12.6.